The van der Waals surface area contributed by atoms with Crippen LogP contribution in [-0.4, -0.2) is 42.7 Å². The maximum Gasteiger partial charge on any atom is 0.251 e. The minimum absolute atomic E-state index is 0.0900. The molecule has 7 nitrogen and oxygen atoms in total. The second-order valence-corrected chi connectivity index (χ2v) is 8.71. The van der Waals surface area contributed by atoms with E-state index in [-0.39, 0.29) is 11.9 Å². The molecule has 0 aliphatic carbocycles. The summed E-state index contributed by atoms with van der Waals surface area (Å²) in [4.78, 5) is 15.4. The number of hydrogen-bond acceptors (Lipinski definition) is 6. The Morgan fingerprint density at radius 1 is 1.03 bits per heavy atom. The Hall–Kier alpha value is -3.32. The molecule has 2 heterocycles. The highest BCUT2D eigenvalue weighted by Gasteiger charge is 2.23. The maximum absolute atomic E-state index is 12.9. The van der Waals surface area contributed by atoms with Crippen LogP contribution >= 0.6 is 0 Å². The Morgan fingerprint density at radius 2 is 1.71 bits per heavy atom. The van der Waals surface area contributed by atoms with Crippen LogP contribution in [0.3, 0.4) is 0 Å². The Balaban J connectivity index is 1.37. The maximum atomic E-state index is 12.9. The van der Waals surface area contributed by atoms with Gasteiger partial charge in [-0.05, 0) is 81.7 Å². The number of likely N-dealkylation sites (tertiary alicyclic amines) is 1. The van der Waals surface area contributed by atoms with Crippen LogP contribution in [0.4, 0.5) is 0 Å². The predicted octanol–water partition coefficient (Wildman–Crippen LogP) is 4.84. The summed E-state index contributed by atoms with van der Waals surface area (Å²) in [6.07, 6.45) is 3.65. The Bertz CT molecular complexity index is 1050. The molecule has 7 heteroatoms. The van der Waals surface area contributed by atoms with Crippen molar-refractivity contribution in [1.82, 2.24) is 15.4 Å². The van der Waals surface area contributed by atoms with Gasteiger partial charge in [-0.3, -0.25) is 9.69 Å². The number of piperidine rings is 1. The zero-order valence-electron chi connectivity index (χ0n) is 20.2. The number of aryl methyl sites for hydroxylation is 2. The monoisotopic (exact) mass is 463 g/mol. The molecule has 0 spiro atoms. The van der Waals surface area contributed by atoms with E-state index >= 15 is 0 Å². The molecule has 2 aromatic carbocycles. The molecule has 1 N–H and O–H groups in total. The molecule has 0 radical (unpaired) electrons. The fourth-order valence-corrected chi connectivity index (χ4v) is 4.37. The van der Waals surface area contributed by atoms with Crippen molar-refractivity contribution < 1.29 is 18.8 Å². The van der Waals surface area contributed by atoms with E-state index in [1.54, 1.807) is 19.2 Å². The van der Waals surface area contributed by atoms with E-state index < -0.39 is 0 Å². The Labute approximate surface area is 201 Å². The molecule has 1 aliphatic rings. The largest absolute Gasteiger partial charge is 0.497 e. The smallest absolute Gasteiger partial charge is 0.251 e. The number of rotatable bonds is 9. The van der Waals surface area contributed by atoms with Crippen molar-refractivity contribution in [2.75, 3.05) is 26.7 Å². The summed E-state index contributed by atoms with van der Waals surface area (Å²) in [6, 6.07) is 15.5. The molecule has 1 atom stereocenters. The fourth-order valence-electron chi connectivity index (χ4n) is 4.37. The number of nitrogens with zero attached hydrogens (tertiary/aromatic N) is 2. The third-order valence-electron chi connectivity index (χ3n) is 6.47. The number of ether oxygens (including phenoxy) is 2. The normalized spacial score (nSPS) is 15.0. The first-order valence-electron chi connectivity index (χ1n) is 11.9. The van der Waals surface area contributed by atoms with Crippen molar-refractivity contribution >= 4 is 5.91 Å². The highest BCUT2D eigenvalue weighted by Crippen LogP contribution is 2.26. The summed E-state index contributed by atoms with van der Waals surface area (Å²) in [5.74, 6) is 2.20. The number of nitrogens with one attached hydrogen (secondary N) is 1. The minimum Gasteiger partial charge on any atom is -0.497 e. The van der Waals surface area contributed by atoms with Crippen LogP contribution in [0.1, 0.15) is 58.2 Å². The molecule has 1 aromatic heterocycles. The number of amides is 1. The van der Waals surface area contributed by atoms with Crippen molar-refractivity contribution in [2.24, 2.45) is 0 Å². The lowest BCUT2D eigenvalue weighted by Crippen LogP contribution is -2.40. The molecule has 0 unspecified atom stereocenters. The third kappa shape index (κ3) is 5.78. The summed E-state index contributed by atoms with van der Waals surface area (Å²) in [7, 11) is 1.67. The van der Waals surface area contributed by atoms with Crippen LogP contribution in [0, 0.1) is 13.8 Å². The molecule has 1 aliphatic heterocycles. The number of benzene rings is 2. The van der Waals surface area contributed by atoms with Gasteiger partial charge in [0.25, 0.3) is 5.91 Å². The van der Waals surface area contributed by atoms with Gasteiger partial charge < -0.3 is 19.3 Å². The van der Waals surface area contributed by atoms with Crippen LogP contribution < -0.4 is 14.8 Å². The van der Waals surface area contributed by atoms with Gasteiger partial charge in [-0.25, -0.2) is 0 Å². The lowest BCUT2D eigenvalue weighted by molar-refractivity contribution is 0.0924. The number of hydrogen-bond donors (Lipinski definition) is 1. The number of carbonyl (C=O) groups excluding carboxylic acids is 1. The molecule has 1 saturated heterocycles. The molecule has 4 rings (SSSR count). The number of methoxy groups -OCH3 is 1. The lowest BCUT2D eigenvalue weighted by Gasteiger charge is -2.35. The average molecular weight is 464 g/mol. The van der Waals surface area contributed by atoms with E-state index in [2.05, 4.69) is 27.5 Å². The van der Waals surface area contributed by atoms with Crippen molar-refractivity contribution in [3.8, 4) is 11.5 Å². The molecule has 0 saturated carbocycles. The van der Waals surface area contributed by atoms with Crippen LogP contribution in [0.15, 0.2) is 53.1 Å². The van der Waals surface area contributed by atoms with Gasteiger partial charge in [-0.15, -0.1) is 0 Å². The second-order valence-electron chi connectivity index (χ2n) is 8.71. The van der Waals surface area contributed by atoms with Gasteiger partial charge in [0.15, 0.2) is 0 Å². The van der Waals surface area contributed by atoms with Crippen LogP contribution in [0.25, 0.3) is 0 Å². The summed E-state index contributed by atoms with van der Waals surface area (Å²) < 4.78 is 16.3. The third-order valence-corrected chi connectivity index (χ3v) is 6.47. The van der Waals surface area contributed by atoms with E-state index in [1.807, 2.05) is 38.1 Å². The Morgan fingerprint density at radius 3 is 2.32 bits per heavy atom. The van der Waals surface area contributed by atoms with Crippen molar-refractivity contribution in [1.29, 1.82) is 0 Å². The average Bonchev–Trinajstić information content (AvgIpc) is 3.21. The quantitative estimate of drug-likeness (QED) is 0.490. The van der Waals surface area contributed by atoms with Crippen molar-refractivity contribution in [3.05, 3.63) is 76.7 Å². The molecule has 1 amide bonds. The van der Waals surface area contributed by atoms with Crippen LogP contribution in [0.2, 0.25) is 0 Å². The van der Waals surface area contributed by atoms with Crippen LogP contribution in [-0.2, 0) is 6.61 Å². The summed E-state index contributed by atoms with van der Waals surface area (Å²) in [6.45, 7) is 6.79. The van der Waals surface area contributed by atoms with E-state index in [0.717, 1.165) is 35.9 Å². The Kier molecular flexibility index (Phi) is 7.85. The topological polar surface area (TPSA) is 76.8 Å². The first kappa shape index (κ1) is 23.8. The zero-order valence-corrected chi connectivity index (χ0v) is 20.2. The minimum atomic E-state index is -0.0900. The van der Waals surface area contributed by atoms with E-state index in [0.29, 0.717) is 24.5 Å². The summed E-state index contributed by atoms with van der Waals surface area (Å²) in [5, 5.41) is 7.09. The van der Waals surface area contributed by atoms with Crippen molar-refractivity contribution in [2.45, 2.75) is 45.8 Å². The standard InChI is InChI=1S/C27H33N3O4/c1-19-25(20(2)34-29-19)18-33-24-13-9-22(10-14-24)27(31)28-17-26(30-15-5-4-6-16-30)21-7-11-23(32-3)12-8-21/h7-14,26H,4-6,15-18H2,1-3H3,(H,28,31)/t26-/m0/s1. The van der Waals surface area contributed by atoms with Crippen molar-refractivity contribution in [3.63, 3.8) is 0 Å². The lowest BCUT2D eigenvalue weighted by atomic mass is 10.0. The van der Waals surface area contributed by atoms with Crippen LogP contribution in [0.5, 0.6) is 11.5 Å². The van der Waals surface area contributed by atoms with E-state index in [9.17, 15) is 4.79 Å². The highest BCUT2D eigenvalue weighted by molar-refractivity contribution is 5.94. The fraction of sp³-hybridized carbons (Fsp3) is 0.407. The van der Waals surface area contributed by atoms with Gasteiger partial charge in [0.2, 0.25) is 0 Å². The molecule has 3 aromatic rings. The highest BCUT2D eigenvalue weighted by atomic mass is 16.5. The molecule has 180 valence electrons. The number of aromatic nitrogens is 1. The van der Waals surface area contributed by atoms with Gasteiger partial charge in [0, 0.05) is 12.1 Å². The van der Waals surface area contributed by atoms with Gasteiger partial charge in [0.05, 0.1) is 24.4 Å². The summed E-state index contributed by atoms with van der Waals surface area (Å²) >= 11 is 0. The first-order valence-corrected chi connectivity index (χ1v) is 11.9. The van der Waals surface area contributed by atoms with Gasteiger partial charge in [-0.1, -0.05) is 23.7 Å². The molecular formula is C27H33N3O4. The second kappa shape index (κ2) is 11.2. The molecule has 34 heavy (non-hydrogen) atoms. The molecule has 0 bridgehead atoms. The first-order chi connectivity index (χ1) is 16.5. The zero-order chi connectivity index (χ0) is 23.9. The SMILES string of the molecule is COc1ccc([C@H](CNC(=O)c2ccc(OCc3c(C)noc3C)cc2)N2CCCCC2)cc1. The molecular weight excluding hydrogens is 430 g/mol. The number of carbonyl (C=O) groups is 1. The molecule has 1 fully saturated rings. The van der Waals surface area contributed by atoms with E-state index in [1.165, 1.54) is 24.8 Å². The predicted molar refractivity (Wildman–Crippen MR) is 130 cm³/mol. The summed E-state index contributed by atoms with van der Waals surface area (Å²) in [5.41, 5.74) is 3.57. The van der Waals surface area contributed by atoms with E-state index in [4.69, 9.17) is 14.0 Å². The van der Waals surface area contributed by atoms with Gasteiger partial charge in [0.1, 0.15) is 23.9 Å². The van der Waals surface area contributed by atoms with Gasteiger partial charge in [-0.2, -0.15) is 0 Å². The van der Waals surface area contributed by atoms with Gasteiger partial charge >= 0.3 is 0 Å².